The average molecular weight is 276 g/mol. The van der Waals surface area contributed by atoms with E-state index in [9.17, 15) is 0 Å². The third-order valence-corrected chi connectivity index (χ3v) is 2.85. The van der Waals surface area contributed by atoms with Gasteiger partial charge in [0.05, 0.1) is 23.6 Å². The fraction of sp³-hybridized carbons (Fsp3) is 0.500. The first-order chi connectivity index (χ1) is 9.61. The zero-order valence-electron chi connectivity index (χ0n) is 12.3. The summed E-state index contributed by atoms with van der Waals surface area (Å²) in [5.41, 5.74) is 2.67. The molecule has 0 radical (unpaired) electrons. The van der Waals surface area contributed by atoms with Crippen molar-refractivity contribution in [2.24, 2.45) is 0 Å². The van der Waals surface area contributed by atoms with Crippen molar-refractivity contribution in [3.05, 3.63) is 23.7 Å². The Kier molecular flexibility index (Phi) is 4.68. The highest BCUT2D eigenvalue weighted by Crippen LogP contribution is 2.28. The SMILES string of the molecule is COCCNc1ncc(-c2cc(C)no2)c(C(C)C)n1. The molecule has 0 aliphatic carbocycles. The van der Waals surface area contributed by atoms with Gasteiger partial charge in [0.1, 0.15) is 0 Å². The minimum absolute atomic E-state index is 0.265. The van der Waals surface area contributed by atoms with Gasteiger partial charge in [-0.15, -0.1) is 0 Å². The van der Waals surface area contributed by atoms with Gasteiger partial charge in [0, 0.05) is 25.9 Å². The molecular formula is C14H20N4O2. The molecule has 2 aromatic rings. The highest BCUT2D eigenvalue weighted by atomic mass is 16.5. The van der Waals surface area contributed by atoms with Crippen LogP contribution in [0.3, 0.4) is 0 Å². The third-order valence-electron chi connectivity index (χ3n) is 2.85. The Hall–Kier alpha value is -1.95. The molecule has 0 atom stereocenters. The molecule has 2 rings (SSSR count). The number of methoxy groups -OCH3 is 1. The molecule has 0 aromatic carbocycles. The van der Waals surface area contributed by atoms with Gasteiger partial charge in [-0.1, -0.05) is 19.0 Å². The van der Waals surface area contributed by atoms with Crippen LogP contribution in [0.1, 0.15) is 31.2 Å². The minimum Gasteiger partial charge on any atom is -0.383 e. The number of nitrogens with zero attached hydrogens (tertiary/aromatic N) is 3. The van der Waals surface area contributed by atoms with Crippen LogP contribution in [0.15, 0.2) is 16.8 Å². The molecule has 0 saturated heterocycles. The smallest absolute Gasteiger partial charge is 0.222 e. The highest BCUT2D eigenvalue weighted by Gasteiger charge is 2.15. The number of hydrogen-bond donors (Lipinski definition) is 1. The quantitative estimate of drug-likeness (QED) is 0.818. The van der Waals surface area contributed by atoms with Gasteiger partial charge < -0.3 is 14.6 Å². The lowest BCUT2D eigenvalue weighted by Gasteiger charge is -2.11. The lowest BCUT2D eigenvalue weighted by atomic mass is 10.0. The highest BCUT2D eigenvalue weighted by molar-refractivity contribution is 5.61. The van der Waals surface area contributed by atoms with Crippen LogP contribution in [0.5, 0.6) is 0 Å². The molecule has 2 aromatic heterocycles. The maximum absolute atomic E-state index is 5.31. The molecule has 0 bridgehead atoms. The number of ether oxygens (including phenoxy) is 1. The summed E-state index contributed by atoms with van der Waals surface area (Å²) in [7, 11) is 1.66. The summed E-state index contributed by atoms with van der Waals surface area (Å²) >= 11 is 0. The maximum Gasteiger partial charge on any atom is 0.222 e. The van der Waals surface area contributed by atoms with E-state index in [4.69, 9.17) is 9.26 Å². The Balaban J connectivity index is 2.28. The lowest BCUT2D eigenvalue weighted by molar-refractivity contribution is 0.210. The second-order valence-electron chi connectivity index (χ2n) is 4.90. The first kappa shape index (κ1) is 14.5. The number of aryl methyl sites for hydroxylation is 1. The summed E-state index contributed by atoms with van der Waals surface area (Å²) in [6, 6.07) is 1.89. The van der Waals surface area contributed by atoms with Crippen LogP contribution < -0.4 is 5.32 Å². The molecule has 0 aliphatic rings. The van der Waals surface area contributed by atoms with Gasteiger partial charge in [-0.3, -0.25) is 0 Å². The van der Waals surface area contributed by atoms with Gasteiger partial charge in [0.2, 0.25) is 5.95 Å². The van der Waals surface area contributed by atoms with Crippen LogP contribution in [0.2, 0.25) is 0 Å². The summed E-state index contributed by atoms with van der Waals surface area (Å²) in [4.78, 5) is 8.88. The molecule has 0 spiro atoms. The first-order valence-electron chi connectivity index (χ1n) is 6.65. The van der Waals surface area contributed by atoms with Crippen molar-refractivity contribution in [2.75, 3.05) is 25.6 Å². The van der Waals surface area contributed by atoms with Gasteiger partial charge in [0.25, 0.3) is 0 Å². The van der Waals surface area contributed by atoms with E-state index in [-0.39, 0.29) is 5.92 Å². The average Bonchev–Trinajstić information content (AvgIpc) is 2.85. The van der Waals surface area contributed by atoms with E-state index in [0.29, 0.717) is 24.9 Å². The summed E-state index contributed by atoms with van der Waals surface area (Å²) in [5, 5.41) is 7.05. The number of rotatable bonds is 6. The lowest BCUT2D eigenvalue weighted by Crippen LogP contribution is -2.11. The van der Waals surface area contributed by atoms with E-state index in [1.807, 2.05) is 13.0 Å². The van der Waals surface area contributed by atoms with Crippen molar-refractivity contribution >= 4 is 5.95 Å². The molecule has 2 heterocycles. The first-order valence-corrected chi connectivity index (χ1v) is 6.65. The molecule has 1 N–H and O–H groups in total. The fourth-order valence-electron chi connectivity index (χ4n) is 1.87. The number of anilines is 1. The van der Waals surface area contributed by atoms with Gasteiger partial charge in [-0.05, 0) is 12.8 Å². The predicted octanol–water partition coefficient (Wildman–Crippen LogP) is 2.62. The summed E-state index contributed by atoms with van der Waals surface area (Å²) < 4.78 is 10.3. The molecule has 0 fully saturated rings. The second-order valence-corrected chi connectivity index (χ2v) is 4.90. The van der Waals surface area contributed by atoms with Crippen LogP contribution in [0, 0.1) is 6.92 Å². The van der Waals surface area contributed by atoms with Crippen LogP contribution in [-0.4, -0.2) is 35.4 Å². The largest absolute Gasteiger partial charge is 0.383 e. The van der Waals surface area contributed by atoms with Gasteiger partial charge >= 0.3 is 0 Å². The van der Waals surface area contributed by atoms with Crippen molar-refractivity contribution in [1.82, 2.24) is 15.1 Å². The molecule has 6 nitrogen and oxygen atoms in total. The zero-order chi connectivity index (χ0) is 14.5. The fourth-order valence-corrected chi connectivity index (χ4v) is 1.87. The van der Waals surface area contributed by atoms with E-state index >= 15 is 0 Å². The Morgan fingerprint density at radius 1 is 1.40 bits per heavy atom. The van der Waals surface area contributed by atoms with Crippen LogP contribution >= 0.6 is 0 Å². The molecule has 0 amide bonds. The Morgan fingerprint density at radius 2 is 2.20 bits per heavy atom. The van der Waals surface area contributed by atoms with Crippen LogP contribution in [-0.2, 0) is 4.74 Å². The number of aromatic nitrogens is 3. The normalized spacial score (nSPS) is 11.1. The summed E-state index contributed by atoms with van der Waals surface area (Å²) in [6.07, 6.45) is 1.78. The van der Waals surface area contributed by atoms with Crippen molar-refractivity contribution in [1.29, 1.82) is 0 Å². The minimum atomic E-state index is 0.265. The van der Waals surface area contributed by atoms with Gasteiger partial charge in [-0.25, -0.2) is 9.97 Å². The number of nitrogens with one attached hydrogen (secondary N) is 1. The molecular weight excluding hydrogens is 256 g/mol. The summed E-state index contributed by atoms with van der Waals surface area (Å²) in [5.74, 6) is 1.57. The zero-order valence-corrected chi connectivity index (χ0v) is 12.3. The monoisotopic (exact) mass is 276 g/mol. The molecule has 0 saturated carbocycles. The Morgan fingerprint density at radius 3 is 2.80 bits per heavy atom. The van der Waals surface area contributed by atoms with Gasteiger partial charge in [-0.2, -0.15) is 0 Å². The van der Waals surface area contributed by atoms with Gasteiger partial charge in [0.15, 0.2) is 5.76 Å². The predicted molar refractivity (Wildman–Crippen MR) is 76.7 cm³/mol. The molecule has 6 heteroatoms. The molecule has 108 valence electrons. The van der Waals surface area contributed by atoms with Crippen molar-refractivity contribution in [2.45, 2.75) is 26.7 Å². The van der Waals surface area contributed by atoms with Crippen LogP contribution in [0.25, 0.3) is 11.3 Å². The number of hydrogen-bond acceptors (Lipinski definition) is 6. The summed E-state index contributed by atoms with van der Waals surface area (Å²) in [6.45, 7) is 7.36. The molecule has 0 unspecified atom stereocenters. The van der Waals surface area contributed by atoms with E-state index in [2.05, 4.69) is 34.3 Å². The van der Waals surface area contributed by atoms with Crippen LogP contribution in [0.4, 0.5) is 5.95 Å². The Labute approximate surface area is 118 Å². The van der Waals surface area contributed by atoms with E-state index in [1.54, 1.807) is 13.3 Å². The molecule has 20 heavy (non-hydrogen) atoms. The standard InChI is InChI=1S/C14H20N4O2/c1-9(2)13-11(12-7-10(3)18-20-12)8-16-14(17-13)15-5-6-19-4/h7-9H,5-6H2,1-4H3,(H,15,16,17). The van der Waals surface area contributed by atoms with Crippen molar-refractivity contribution in [3.63, 3.8) is 0 Å². The Bertz CT molecular complexity index is 566. The maximum atomic E-state index is 5.31. The van der Waals surface area contributed by atoms with E-state index in [0.717, 1.165) is 17.0 Å². The van der Waals surface area contributed by atoms with E-state index < -0.39 is 0 Å². The second kappa shape index (κ2) is 6.47. The van der Waals surface area contributed by atoms with E-state index in [1.165, 1.54) is 0 Å². The third kappa shape index (κ3) is 3.33. The van der Waals surface area contributed by atoms with Crippen molar-refractivity contribution in [3.8, 4) is 11.3 Å². The topological polar surface area (TPSA) is 73.1 Å². The molecule has 0 aliphatic heterocycles. The van der Waals surface area contributed by atoms with Crippen molar-refractivity contribution < 1.29 is 9.26 Å².